The van der Waals surface area contributed by atoms with Gasteiger partial charge >= 0.3 is 17.8 Å². The predicted molar refractivity (Wildman–Crippen MR) is 109 cm³/mol. The van der Waals surface area contributed by atoms with Crippen LogP contribution in [0.3, 0.4) is 0 Å². The average molecular weight is 434 g/mol. The Morgan fingerprint density at radius 2 is 1.52 bits per heavy atom. The van der Waals surface area contributed by atoms with E-state index in [4.69, 9.17) is 23.2 Å². The van der Waals surface area contributed by atoms with Gasteiger partial charge in [-0.25, -0.2) is 14.7 Å². The number of urea groups is 1. The van der Waals surface area contributed by atoms with E-state index in [2.05, 4.69) is 0 Å². The molecule has 3 rings (SSSR count). The molecule has 0 unspecified atom stereocenters. The fourth-order valence-corrected chi connectivity index (χ4v) is 3.17. The van der Waals surface area contributed by atoms with Gasteiger partial charge in [0.2, 0.25) is 0 Å². The highest BCUT2D eigenvalue weighted by Crippen LogP contribution is 2.32. The summed E-state index contributed by atoms with van der Waals surface area (Å²) < 4.78 is 0. The lowest BCUT2D eigenvalue weighted by molar-refractivity contribution is -0.148. The number of benzene rings is 2. The first-order chi connectivity index (χ1) is 13.5. The first kappa shape index (κ1) is 20.8. The minimum atomic E-state index is -1.14. The standard InChI is InChI=1S/C20H17Cl2N3O4/c1-20(2,3)25(16(26)12-7-5-4-6-8-12)24-18(28)17(27)23(19(24)29)13-9-10-14(21)15(22)11-13/h4-11H,1-3H3. The van der Waals surface area contributed by atoms with Crippen molar-refractivity contribution >= 4 is 52.6 Å². The van der Waals surface area contributed by atoms with Gasteiger partial charge in [0.15, 0.2) is 0 Å². The van der Waals surface area contributed by atoms with Crippen molar-refractivity contribution in [2.24, 2.45) is 0 Å². The van der Waals surface area contributed by atoms with E-state index in [1.54, 1.807) is 51.1 Å². The number of hydrogen-bond donors (Lipinski definition) is 0. The summed E-state index contributed by atoms with van der Waals surface area (Å²) in [7, 11) is 0. The largest absolute Gasteiger partial charge is 0.358 e. The first-order valence-electron chi connectivity index (χ1n) is 8.61. The van der Waals surface area contributed by atoms with Crippen LogP contribution in [-0.2, 0) is 9.59 Å². The molecule has 1 aliphatic rings. The summed E-state index contributed by atoms with van der Waals surface area (Å²) in [6.45, 7) is 4.96. The van der Waals surface area contributed by atoms with Crippen LogP contribution in [0.15, 0.2) is 48.5 Å². The lowest BCUT2D eigenvalue weighted by atomic mass is 10.1. The third kappa shape index (κ3) is 3.71. The molecule has 0 radical (unpaired) electrons. The minimum Gasteiger partial charge on any atom is -0.267 e. The minimum absolute atomic E-state index is 0.0752. The Hall–Kier alpha value is -2.90. The van der Waals surface area contributed by atoms with Crippen molar-refractivity contribution in [3.05, 3.63) is 64.1 Å². The first-order valence-corrected chi connectivity index (χ1v) is 9.36. The van der Waals surface area contributed by atoms with Gasteiger partial charge in [-0.2, -0.15) is 5.01 Å². The third-order valence-corrected chi connectivity index (χ3v) is 4.90. The molecule has 2 aromatic carbocycles. The van der Waals surface area contributed by atoms with E-state index in [-0.39, 0.29) is 21.3 Å². The number of imide groups is 2. The van der Waals surface area contributed by atoms with Crippen LogP contribution < -0.4 is 4.90 Å². The molecule has 0 aliphatic carbocycles. The van der Waals surface area contributed by atoms with Crippen LogP contribution in [-0.4, -0.2) is 39.3 Å². The third-order valence-electron chi connectivity index (χ3n) is 4.16. The lowest BCUT2D eigenvalue weighted by Gasteiger charge is -2.39. The number of carbonyl (C=O) groups excluding carboxylic acids is 4. The summed E-state index contributed by atoms with van der Waals surface area (Å²) in [6, 6.07) is 11.3. The zero-order valence-electron chi connectivity index (χ0n) is 15.8. The topological polar surface area (TPSA) is 78.0 Å². The summed E-state index contributed by atoms with van der Waals surface area (Å²) in [4.78, 5) is 52.2. The molecular weight excluding hydrogens is 417 g/mol. The van der Waals surface area contributed by atoms with Gasteiger partial charge in [0.1, 0.15) is 0 Å². The van der Waals surface area contributed by atoms with E-state index < -0.39 is 29.3 Å². The van der Waals surface area contributed by atoms with E-state index in [1.165, 1.54) is 18.2 Å². The summed E-state index contributed by atoms with van der Waals surface area (Å²) >= 11 is 11.9. The highest BCUT2D eigenvalue weighted by Gasteiger charge is 2.52. The monoisotopic (exact) mass is 433 g/mol. The van der Waals surface area contributed by atoms with Gasteiger partial charge in [0.05, 0.1) is 21.3 Å². The Labute approximate surface area is 177 Å². The average Bonchev–Trinajstić information content (AvgIpc) is 2.87. The maximum absolute atomic E-state index is 13.1. The van der Waals surface area contributed by atoms with Gasteiger partial charge in [0.25, 0.3) is 5.91 Å². The van der Waals surface area contributed by atoms with Gasteiger partial charge in [-0.05, 0) is 51.1 Å². The maximum atomic E-state index is 13.1. The molecular formula is C20H17Cl2N3O4. The van der Waals surface area contributed by atoms with E-state index >= 15 is 0 Å². The molecule has 2 aromatic rings. The van der Waals surface area contributed by atoms with Crippen molar-refractivity contribution in [1.29, 1.82) is 0 Å². The molecule has 7 nitrogen and oxygen atoms in total. The number of anilines is 1. The number of rotatable bonds is 3. The summed E-state index contributed by atoms with van der Waals surface area (Å²) in [5, 5.41) is 1.90. The van der Waals surface area contributed by atoms with Crippen molar-refractivity contribution < 1.29 is 19.2 Å². The van der Waals surface area contributed by atoms with Gasteiger partial charge in [-0.3, -0.25) is 14.4 Å². The van der Waals surface area contributed by atoms with E-state index in [9.17, 15) is 19.2 Å². The molecule has 0 spiro atoms. The Morgan fingerprint density at radius 3 is 2.07 bits per heavy atom. The molecule has 0 aromatic heterocycles. The molecule has 1 heterocycles. The second-order valence-electron chi connectivity index (χ2n) is 7.29. The Bertz CT molecular complexity index is 1020. The Kier molecular flexibility index (Phi) is 5.38. The molecule has 5 amide bonds. The zero-order valence-corrected chi connectivity index (χ0v) is 17.4. The van der Waals surface area contributed by atoms with Gasteiger partial charge in [-0.1, -0.05) is 41.4 Å². The molecule has 0 N–H and O–H groups in total. The summed E-state index contributed by atoms with van der Waals surface area (Å²) in [6.07, 6.45) is 0. The summed E-state index contributed by atoms with van der Waals surface area (Å²) in [5.74, 6) is -2.83. The van der Waals surface area contributed by atoms with Crippen molar-refractivity contribution in [3.63, 3.8) is 0 Å². The highest BCUT2D eigenvalue weighted by atomic mass is 35.5. The second-order valence-corrected chi connectivity index (χ2v) is 8.11. The Morgan fingerprint density at radius 1 is 0.897 bits per heavy atom. The Balaban J connectivity index is 2.06. The molecule has 1 saturated heterocycles. The second kappa shape index (κ2) is 7.50. The summed E-state index contributed by atoms with van der Waals surface area (Å²) in [5.41, 5.74) is -0.638. The molecule has 1 aliphatic heterocycles. The van der Waals surface area contributed by atoms with Gasteiger partial charge in [0, 0.05) is 5.56 Å². The molecule has 29 heavy (non-hydrogen) atoms. The highest BCUT2D eigenvalue weighted by molar-refractivity contribution is 6.53. The van der Waals surface area contributed by atoms with Crippen LogP contribution in [0.25, 0.3) is 0 Å². The van der Waals surface area contributed by atoms with E-state index in [0.29, 0.717) is 9.91 Å². The fraction of sp³-hybridized carbons (Fsp3) is 0.200. The van der Waals surface area contributed by atoms with Crippen LogP contribution in [0.2, 0.25) is 10.0 Å². The van der Waals surface area contributed by atoms with Crippen molar-refractivity contribution in [1.82, 2.24) is 10.0 Å². The lowest BCUT2D eigenvalue weighted by Crippen LogP contribution is -2.58. The van der Waals surface area contributed by atoms with Crippen LogP contribution in [0.1, 0.15) is 31.1 Å². The number of hydrazine groups is 1. The number of halogens is 2. The molecule has 9 heteroatoms. The van der Waals surface area contributed by atoms with Gasteiger partial charge < -0.3 is 0 Å². The predicted octanol–water partition coefficient (Wildman–Crippen LogP) is 4.14. The van der Waals surface area contributed by atoms with Crippen LogP contribution in [0.5, 0.6) is 0 Å². The maximum Gasteiger partial charge on any atom is 0.358 e. The normalized spacial score (nSPS) is 14.6. The van der Waals surface area contributed by atoms with Gasteiger partial charge in [-0.15, -0.1) is 0 Å². The van der Waals surface area contributed by atoms with E-state index in [1.807, 2.05) is 0 Å². The molecule has 0 saturated carbocycles. The van der Waals surface area contributed by atoms with E-state index in [0.717, 1.165) is 5.01 Å². The van der Waals surface area contributed by atoms with Crippen molar-refractivity contribution in [2.75, 3.05) is 4.90 Å². The fourth-order valence-electron chi connectivity index (χ4n) is 2.88. The number of hydrogen-bond acceptors (Lipinski definition) is 4. The van der Waals surface area contributed by atoms with Crippen LogP contribution >= 0.6 is 23.2 Å². The zero-order chi connectivity index (χ0) is 21.5. The SMILES string of the molecule is CC(C)(C)N(C(=O)c1ccccc1)N1C(=O)C(=O)N(c2ccc(Cl)c(Cl)c2)C1=O. The molecule has 150 valence electrons. The molecule has 0 bridgehead atoms. The number of nitrogens with zero attached hydrogens (tertiary/aromatic N) is 3. The molecule has 1 fully saturated rings. The van der Waals surface area contributed by atoms with Crippen LogP contribution in [0, 0.1) is 0 Å². The van der Waals surface area contributed by atoms with Crippen molar-refractivity contribution in [2.45, 2.75) is 26.3 Å². The quantitative estimate of drug-likeness (QED) is 0.537. The number of carbonyl (C=O) groups is 4. The molecule has 0 atom stereocenters. The smallest absolute Gasteiger partial charge is 0.267 e. The number of amides is 5. The van der Waals surface area contributed by atoms with Crippen molar-refractivity contribution in [3.8, 4) is 0 Å². The van der Waals surface area contributed by atoms with Crippen LogP contribution in [0.4, 0.5) is 10.5 Å².